The van der Waals surface area contributed by atoms with E-state index in [9.17, 15) is 19.1 Å². The van der Waals surface area contributed by atoms with Crippen LogP contribution in [0.3, 0.4) is 0 Å². The van der Waals surface area contributed by atoms with Gasteiger partial charge in [-0.25, -0.2) is 9.37 Å². The van der Waals surface area contributed by atoms with E-state index in [1.807, 2.05) is 6.92 Å². The molecule has 0 radical (unpaired) electrons. The third-order valence-corrected chi connectivity index (χ3v) is 6.38. The maximum Gasteiger partial charge on any atom is 0.272 e. The van der Waals surface area contributed by atoms with Crippen LogP contribution in [-0.2, 0) is 0 Å². The van der Waals surface area contributed by atoms with E-state index in [0.717, 1.165) is 0 Å². The molecule has 0 unspecified atom stereocenters. The third kappa shape index (κ3) is 5.36. The van der Waals surface area contributed by atoms with E-state index >= 15 is 0 Å². The first-order chi connectivity index (χ1) is 17.3. The standard InChI is InChI=1S/C27H29FN4O4/c1-17-14-32(18(2)16-33)26(34)22-12-20(19-7-9-21(28)10-8-19)13-30-25(22)36-24(17)15-31(3)27(35)23-6-4-5-11-29-23/h4-13,17-18,24,33H,14-16H2,1-3H3/t17-,18+,24+/m0/s1. The summed E-state index contributed by atoms with van der Waals surface area (Å²) >= 11 is 0. The van der Waals surface area contributed by atoms with Crippen molar-refractivity contribution < 1.29 is 23.8 Å². The van der Waals surface area contributed by atoms with Crippen LogP contribution >= 0.6 is 0 Å². The van der Waals surface area contributed by atoms with Crippen LogP contribution in [-0.4, -0.2) is 75.6 Å². The monoisotopic (exact) mass is 492 g/mol. The Hall–Kier alpha value is -3.85. The van der Waals surface area contributed by atoms with Crippen LogP contribution in [0.1, 0.15) is 34.7 Å². The van der Waals surface area contributed by atoms with E-state index in [1.165, 1.54) is 12.1 Å². The van der Waals surface area contributed by atoms with Gasteiger partial charge in [0.2, 0.25) is 5.88 Å². The fraction of sp³-hybridized carbons (Fsp3) is 0.333. The molecule has 9 heteroatoms. The smallest absolute Gasteiger partial charge is 0.272 e. The lowest BCUT2D eigenvalue weighted by atomic mass is 9.99. The molecule has 8 nitrogen and oxygen atoms in total. The first kappa shape index (κ1) is 25.2. The normalized spacial score (nSPS) is 18.5. The predicted octanol–water partition coefficient (Wildman–Crippen LogP) is 3.28. The number of rotatable bonds is 6. The lowest BCUT2D eigenvalue weighted by Crippen LogP contribution is -2.50. The molecule has 0 saturated heterocycles. The van der Waals surface area contributed by atoms with Gasteiger partial charge in [-0.05, 0) is 42.8 Å². The van der Waals surface area contributed by atoms with Crippen molar-refractivity contribution in [2.75, 3.05) is 26.7 Å². The molecule has 0 saturated carbocycles. The SMILES string of the molecule is C[C@H](CO)N1C[C@H](C)[C@@H](CN(C)C(=O)c2ccccn2)Oc2ncc(-c3ccc(F)cc3)cc2C1=O. The molecule has 0 aliphatic carbocycles. The number of aromatic nitrogens is 2. The van der Waals surface area contributed by atoms with Crippen molar-refractivity contribution in [3.63, 3.8) is 0 Å². The molecule has 0 bridgehead atoms. The van der Waals surface area contributed by atoms with Gasteiger partial charge in [-0.3, -0.25) is 14.6 Å². The average molecular weight is 493 g/mol. The van der Waals surface area contributed by atoms with Gasteiger partial charge in [-0.1, -0.05) is 25.1 Å². The number of carbonyl (C=O) groups excluding carboxylic acids is 2. The maximum atomic E-state index is 13.6. The molecule has 36 heavy (non-hydrogen) atoms. The van der Waals surface area contributed by atoms with E-state index in [-0.39, 0.29) is 48.1 Å². The van der Waals surface area contributed by atoms with Crippen LogP contribution in [0.5, 0.6) is 5.88 Å². The third-order valence-electron chi connectivity index (χ3n) is 6.38. The number of nitrogens with zero attached hydrogens (tertiary/aromatic N) is 4. The van der Waals surface area contributed by atoms with E-state index in [1.54, 1.807) is 72.6 Å². The van der Waals surface area contributed by atoms with Gasteiger partial charge >= 0.3 is 0 Å². The highest BCUT2D eigenvalue weighted by atomic mass is 19.1. The molecule has 188 valence electrons. The quantitative estimate of drug-likeness (QED) is 0.568. The first-order valence-corrected chi connectivity index (χ1v) is 11.8. The predicted molar refractivity (Wildman–Crippen MR) is 132 cm³/mol. The second-order valence-corrected chi connectivity index (χ2v) is 9.11. The van der Waals surface area contributed by atoms with Crippen molar-refractivity contribution in [3.05, 3.63) is 78.0 Å². The van der Waals surface area contributed by atoms with E-state index in [4.69, 9.17) is 4.74 Å². The summed E-state index contributed by atoms with van der Waals surface area (Å²) in [7, 11) is 1.68. The minimum absolute atomic E-state index is 0.149. The Kier molecular flexibility index (Phi) is 7.59. The minimum Gasteiger partial charge on any atom is -0.472 e. The van der Waals surface area contributed by atoms with Crippen LogP contribution in [0, 0.1) is 11.7 Å². The summed E-state index contributed by atoms with van der Waals surface area (Å²) in [5.74, 6) is -0.942. The van der Waals surface area contributed by atoms with Gasteiger partial charge in [0.15, 0.2) is 0 Å². The van der Waals surface area contributed by atoms with Crippen LogP contribution in [0.2, 0.25) is 0 Å². The molecule has 1 N–H and O–H groups in total. The van der Waals surface area contributed by atoms with Gasteiger partial charge in [-0.2, -0.15) is 0 Å². The zero-order valence-electron chi connectivity index (χ0n) is 20.5. The number of ether oxygens (including phenoxy) is 1. The molecule has 0 fully saturated rings. The van der Waals surface area contributed by atoms with E-state index in [2.05, 4.69) is 9.97 Å². The second kappa shape index (κ2) is 10.8. The molecule has 0 spiro atoms. The summed E-state index contributed by atoms with van der Waals surface area (Å²) in [5.41, 5.74) is 1.91. The van der Waals surface area contributed by atoms with Gasteiger partial charge < -0.3 is 19.6 Å². The molecule has 3 aromatic rings. The maximum absolute atomic E-state index is 13.6. The number of aliphatic hydroxyl groups is 1. The lowest BCUT2D eigenvalue weighted by molar-refractivity contribution is 0.0312. The molecule has 1 aliphatic heterocycles. The van der Waals surface area contributed by atoms with Gasteiger partial charge in [0.1, 0.15) is 23.2 Å². The zero-order valence-corrected chi connectivity index (χ0v) is 20.5. The Balaban J connectivity index is 1.68. The Morgan fingerprint density at radius 3 is 2.64 bits per heavy atom. The number of aliphatic hydroxyl groups excluding tert-OH is 1. The summed E-state index contributed by atoms with van der Waals surface area (Å²) in [6.45, 7) is 4.06. The summed E-state index contributed by atoms with van der Waals surface area (Å²) < 4.78 is 19.7. The van der Waals surface area contributed by atoms with Crippen molar-refractivity contribution >= 4 is 11.8 Å². The zero-order chi connectivity index (χ0) is 25.8. The molecule has 1 aromatic carbocycles. The molecule has 3 heterocycles. The first-order valence-electron chi connectivity index (χ1n) is 11.8. The molecule has 3 atom stereocenters. The van der Waals surface area contributed by atoms with Gasteiger partial charge in [-0.15, -0.1) is 0 Å². The van der Waals surface area contributed by atoms with Crippen molar-refractivity contribution in [2.24, 2.45) is 5.92 Å². The van der Waals surface area contributed by atoms with Gasteiger partial charge in [0.05, 0.1) is 19.2 Å². The Bertz CT molecular complexity index is 1220. The summed E-state index contributed by atoms with van der Waals surface area (Å²) in [5, 5.41) is 9.83. The fourth-order valence-corrected chi connectivity index (χ4v) is 4.16. The highest BCUT2D eigenvalue weighted by Gasteiger charge is 2.35. The molecule has 2 amide bonds. The van der Waals surface area contributed by atoms with Crippen LogP contribution < -0.4 is 4.74 Å². The fourth-order valence-electron chi connectivity index (χ4n) is 4.16. The number of hydrogen-bond donors (Lipinski definition) is 1. The Morgan fingerprint density at radius 2 is 1.97 bits per heavy atom. The van der Waals surface area contributed by atoms with Crippen LogP contribution in [0.25, 0.3) is 11.1 Å². The largest absolute Gasteiger partial charge is 0.472 e. The van der Waals surface area contributed by atoms with Crippen molar-refractivity contribution in [2.45, 2.75) is 26.0 Å². The molecular formula is C27H29FN4O4. The highest BCUT2D eigenvalue weighted by Crippen LogP contribution is 2.30. The number of benzene rings is 1. The number of pyridine rings is 2. The summed E-state index contributed by atoms with van der Waals surface area (Å²) in [6.07, 6.45) is 2.66. The number of likely N-dealkylation sites (N-methyl/N-ethyl adjacent to an activating group) is 1. The summed E-state index contributed by atoms with van der Waals surface area (Å²) in [6, 6.07) is 12.3. The van der Waals surface area contributed by atoms with Crippen LogP contribution in [0.15, 0.2) is 60.9 Å². The number of hydrogen-bond acceptors (Lipinski definition) is 6. The molecular weight excluding hydrogens is 463 g/mol. The van der Waals surface area contributed by atoms with E-state index in [0.29, 0.717) is 23.4 Å². The number of amides is 2. The number of halogens is 1. The molecule has 1 aliphatic rings. The molecule has 4 rings (SSSR count). The molecule has 2 aromatic heterocycles. The minimum atomic E-state index is -0.480. The lowest BCUT2D eigenvalue weighted by Gasteiger charge is -2.37. The number of carbonyl (C=O) groups is 2. The van der Waals surface area contributed by atoms with E-state index < -0.39 is 12.1 Å². The van der Waals surface area contributed by atoms with Crippen molar-refractivity contribution in [1.82, 2.24) is 19.8 Å². The topological polar surface area (TPSA) is 95.9 Å². The Morgan fingerprint density at radius 1 is 1.22 bits per heavy atom. The van der Waals surface area contributed by atoms with Gasteiger partial charge in [0, 0.05) is 37.5 Å². The van der Waals surface area contributed by atoms with Crippen LogP contribution in [0.4, 0.5) is 4.39 Å². The highest BCUT2D eigenvalue weighted by molar-refractivity contribution is 5.98. The van der Waals surface area contributed by atoms with Crippen molar-refractivity contribution in [3.8, 4) is 17.0 Å². The van der Waals surface area contributed by atoms with Crippen molar-refractivity contribution in [1.29, 1.82) is 0 Å². The number of fused-ring (bicyclic) bond motifs is 1. The Labute approximate surface area is 209 Å². The van der Waals surface area contributed by atoms with Gasteiger partial charge in [0.25, 0.3) is 11.8 Å². The summed E-state index contributed by atoms with van der Waals surface area (Å²) in [4.78, 5) is 38.2. The average Bonchev–Trinajstić information content (AvgIpc) is 2.90. The second-order valence-electron chi connectivity index (χ2n) is 9.11.